The minimum absolute atomic E-state index is 0.0796. The number of para-hydroxylation sites is 1. The minimum Gasteiger partial charge on any atom is -0.321 e. The summed E-state index contributed by atoms with van der Waals surface area (Å²) in [7, 11) is 0. The molecule has 0 aliphatic carbocycles. The third-order valence-electron chi connectivity index (χ3n) is 6.57. The average Bonchev–Trinajstić information content (AvgIpc) is 3.00. The fourth-order valence-electron chi connectivity index (χ4n) is 4.55. The van der Waals surface area contributed by atoms with E-state index in [1.54, 1.807) is 42.5 Å². The fourth-order valence-corrected chi connectivity index (χ4v) is 5.75. The molecule has 0 atom stereocenters. The molecule has 4 aromatic rings. The number of halogens is 1. The Labute approximate surface area is 252 Å². The molecule has 0 aromatic heterocycles. The Morgan fingerprint density at radius 1 is 0.878 bits per heavy atom. The maximum atomic E-state index is 13.3. The van der Waals surface area contributed by atoms with E-state index in [-0.39, 0.29) is 17.5 Å². The van der Waals surface area contributed by atoms with Crippen molar-refractivity contribution in [3.05, 3.63) is 130 Å². The lowest BCUT2D eigenvalue weighted by Crippen LogP contribution is -2.36. The smallest absolute Gasteiger partial charge is 0.272 e. The number of nitrogens with one attached hydrogen (secondary N) is 2. The second-order valence-corrected chi connectivity index (χ2v) is 11.4. The van der Waals surface area contributed by atoms with Crippen molar-refractivity contribution in [2.24, 2.45) is 0 Å². The van der Waals surface area contributed by atoms with Gasteiger partial charge in [-0.15, -0.1) is 11.8 Å². The van der Waals surface area contributed by atoms with Crippen molar-refractivity contribution in [3.63, 3.8) is 0 Å². The number of carbonyl (C=O) groups excluding carboxylic acids is 3. The summed E-state index contributed by atoms with van der Waals surface area (Å²) in [4.78, 5) is 41.9. The Morgan fingerprint density at radius 3 is 2.41 bits per heavy atom. The van der Waals surface area contributed by atoms with E-state index >= 15 is 0 Å². The molecule has 4 aromatic carbocycles. The van der Waals surface area contributed by atoms with Crippen LogP contribution >= 0.6 is 27.7 Å². The molecule has 8 heteroatoms. The molecule has 41 heavy (non-hydrogen) atoms. The molecule has 1 aliphatic heterocycles. The molecule has 5 rings (SSSR count). The normalized spacial score (nSPS) is 12.8. The zero-order valence-corrected chi connectivity index (χ0v) is 24.6. The summed E-state index contributed by atoms with van der Waals surface area (Å²) in [5.41, 5.74) is 4.11. The Hall–Kier alpha value is -4.14. The number of fused-ring (bicyclic) bond motifs is 1. The molecule has 0 fully saturated rings. The average molecular weight is 627 g/mol. The number of thioether (sulfide) groups is 1. The number of hydrogen-bond acceptors (Lipinski definition) is 4. The van der Waals surface area contributed by atoms with Crippen LogP contribution in [0.4, 0.5) is 11.4 Å². The molecule has 0 saturated heterocycles. The van der Waals surface area contributed by atoms with Gasteiger partial charge in [-0.2, -0.15) is 0 Å². The number of hydrogen-bond donors (Lipinski definition) is 2. The van der Waals surface area contributed by atoms with Crippen molar-refractivity contribution >= 4 is 62.9 Å². The monoisotopic (exact) mass is 625 g/mol. The van der Waals surface area contributed by atoms with Gasteiger partial charge in [-0.3, -0.25) is 14.4 Å². The van der Waals surface area contributed by atoms with Crippen molar-refractivity contribution in [2.75, 3.05) is 22.5 Å². The molecule has 3 amide bonds. The minimum atomic E-state index is -0.450. The molecule has 1 heterocycles. The number of anilines is 2. The van der Waals surface area contributed by atoms with Crippen LogP contribution in [0.15, 0.2) is 118 Å². The number of amides is 3. The van der Waals surface area contributed by atoms with Crippen molar-refractivity contribution in [1.82, 2.24) is 5.32 Å². The Balaban J connectivity index is 1.24. The van der Waals surface area contributed by atoms with E-state index in [0.29, 0.717) is 17.0 Å². The topological polar surface area (TPSA) is 78.5 Å². The highest BCUT2D eigenvalue weighted by atomic mass is 79.9. The second-order valence-electron chi connectivity index (χ2n) is 9.48. The fraction of sp³-hybridized carbons (Fsp3) is 0.121. The first-order valence-corrected chi connectivity index (χ1v) is 15.0. The first-order valence-electron chi connectivity index (χ1n) is 13.2. The van der Waals surface area contributed by atoms with Gasteiger partial charge in [-0.25, -0.2) is 0 Å². The largest absolute Gasteiger partial charge is 0.321 e. The summed E-state index contributed by atoms with van der Waals surface area (Å²) in [5, 5.41) is 5.62. The quantitative estimate of drug-likeness (QED) is 0.164. The van der Waals surface area contributed by atoms with Gasteiger partial charge in [-0.05, 0) is 84.6 Å². The lowest BCUT2D eigenvalue weighted by Gasteiger charge is -2.29. The zero-order chi connectivity index (χ0) is 28.6. The number of carbonyl (C=O) groups is 3. The van der Waals surface area contributed by atoms with Gasteiger partial charge < -0.3 is 15.5 Å². The molecule has 206 valence electrons. The van der Waals surface area contributed by atoms with Gasteiger partial charge in [0.1, 0.15) is 5.70 Å². The van der Waals surface area contributed by atoms with Gasteiger partial charge in [0, 0.05) is 32.9 Å². The number of benzene rings is 4. The molecule has 0 saturated carbocycles. The van der Waals surface area contributed by atoms with E-state index in [1.165, 1.54) is 17.3 Å². The number of nitrogens with zero attached hydrogens (tertiary/aromatic N) is 1. The lowest BCUT2D eigenvalue weighted by molar-refractivity contribution is -0.116. The van der Waals surface area contributed by atoms with E-state index in [1.807, 2.05) is 65.6 Å². The van der Waals surface area contributed by atoms with E-state index in [2.05, 4.69) is 32.6 Å². The Morgan fingerprint density at radius 2 is 1.63 bits per heavy atom. The summed E-state index contributed by atoms with van der Waals surface area (Å²) in [5.74, 6) is -0.426. The van der Waals surface area contributed by atoms with Crippen LogP contribution in [0, 0.1) is 0 Å². The summed E-state index contributed by atoms with van der Waals surface area (Å²) < 4.78 is 0.858. The van der Waals surface area contributed by atoms with E-state index in [4.69, 9.17) is 0 Å². The number of aryl methyl sites for hydroxylation is 1. The van der Waals surface area contributed by atoms with Gasteiger partial charge in [0.05, 0.1) is 5.75 Å². The van der Waals surface area contributed by atoms with Crippen LogP contribution in [-0.4, -0.2) is 30.0 Å². The van der Waals surface area contributed by atoms with Gasteiger partial charge >= 0.3 is 0 Å². The van der Waals surface area contributed by atoms with Crippen molar-refractivity contribution in [1.29, 1.82) is 0 Å². The summed E-state index contributed by atoms with van der Waals surface area (Å²) in [6.45, 7) is 0.734. The van der Waals surface area contributed by atoms with Crippen LogP contribution in [0.2, 0.25) is 0 Å². The highest BCUT2D eigenvalue weighted by Gasteiger charge is 2.22. The van der Waals surface area contributed by atoms with E-state index < -0.39 is 5.91 Å². The first kappa shape index (κ1) is 28.4. The van der Waals surface area contributed by atoms with Gasteiger partial charge in [0.2, 0.25) is 5.91 Å². The lowest BCUT2D eigenvalue weighted by atomic mass is 10.0. The number of rotatable bonds is 8. The van der Waals surface area contributed by atoms with Crippen LogP contribution in [0.3, 0.4) is 0 Å². The molecular weight excluding hydrogens is 598 g/mol. The highest BCUT2D eigenvalue weighted by Crippen LogP contribution is 2.28. The predicted molar refractivity (Wildman–Crippen MR) is 169 cm³/mol. The van der Waals surface area contributed by atoms with Crippen molar-refractivity contribution in [2.45, 2.75) is 17.7 Å². The van der Waals surface area contributed by atoms with Crippen LogP contribution in [0.5, 0.6) is 0 Å². The van der Waals surface area contributed by atoms with Crippen LogP contribution < -0.4 is 15.5 Å². The van der Waals surface area contributed by atoms with E-state index in [0.717, 1.165) is 40.0 Å². The van der Waals surface area contributed by atoms with Gasteiger partial charge in [-0.1, -0.05) is 64.5 Å². The van der Waals surface area contributed by atoms with Gasteiger partial charge in [0.25, 0.3) is 11.8 Å². The predicted octanol–water partition coefficient (Wildman–Crippen LogP) is 6.93. The molecule has 1 aliphatic rings. The second kappa shape index (κ2) is 13.5. The SMILES string of the molecule is O=C(Nc1ccc(SCC(=O)N2CCCc3ccccc32)cc1)/C(=C/c1cccc(Br)c1)NC(=O)c1ccccc1. The third-order valence-corrected chi connectivity index (χ3v) is 8.06. The highest BCUT2D eigenvalue weighted by molar-refractivity contribution is 9.10. The van der Waals surface area contributed by atoms with Crippen molar-refractivity contribution < 1.29 is 14.4 Å². The molecular formula is C33H28BrN3O3S. The molecule has 0 unspecified atom stereocenters. The van der Waals surface area contributed by atoms with Crippen LogP contribution in [0.1, 0.15) is 27.9 Å². The zero-order valence-electron chi connectivity index (χ0n) is 22.2. The molecule has 0 bridgehead atoms. The summed E-state index contributed by atoms with van der Waals surface area (Å²) >= 11 is 4.91. The maximum absolute atomic E-state index is 13.3. The summed E-state index contributed by atoms with van der Waals surface area (Å²) in [6.07, 6.45) is 3.59. The van der Waals surface area contributed by atoms with Crippen LogP contribution in [-0.2, 0) is 16.0 Å². The van der Waals surface area contributed by atoms with Crippen LogP contribution in [0.25, 0.3) is 6.08 Å². The molecule has 2 N–H and O–H groups in total. The summed E-state index contributed by atoms with van der Waals surface area (Å²) in [6, 6.07) is 31.6. The first-order chi connectivity index (χ1) is 20.0. The third kappa shape index (κ3) is 7.54. The molecule has 0 radical (unpaired) electrons. The molecule has 0 spiro atoms. The van der Waals surface area contributed by atoms with Crippen molar-refractivity contribution in [3.8, 4) is 0 Å². The van der Waals surface area contributed by atoms with Gasteiger partial charge in [0.15, 0.2) is 0 Å². The standard InChI is InChI=1S/C33H28BrN3O3S/c34-26-13-6-8-23(20-26)21-29(36-32(39)25-10-2-1-3-11-25)33(40)35-27-15-17-28(18-16-27)41-22-31(38)37-19-7-12-24-9-4-5-14-30(24)37/h1-6,8-11,13-18,20-21H,7,12,19,22H2,(H,35,40)(H,36,39)/b29-21-. The molecule has 6 nitrogen and oxygen atoms in total. The Bertz CT molecular complexity index is 1590. The Kier molecular flexibility index (Phi) is 9.33. The van der Waals surface area contributed by atoms with E-state index in [9.17, 15) is 14.4 Å². The maximum Gasteiger partial charge on any atom is 0.272 e.